The Labute approximate surface area is 179 Å². The van der Waals surface area contributed by atoms with E-state index in [0.717, 1.165) is 16.3 Å². The molecule has 2 heterocycles. The number of nitrogens with zero attached hydrogens (tertiary/aromatic N) is 3. The largest absolute Gasteiger partial charge is 0.390 e. The van der Waals surface area contributed by atoms with Gasteiger partial charge in [0.05, 0.1) is 24.2 Å². The molecular weight excluding hydrogens is 404 g/mol. The fraction of sp³-hybridized carbons (Fsp3) is 0.409. The standard InChI is InChI=1S/C22H23ClN4O3/c1-3-24-17-9-15(7-5-13-4-6-14(23)8-13)26-22-19(17)25-11-27(22)18-10-16(12(2)28)20(29)21(18)30/h4,6,9,11,16,18,20-21,29-30H,3,8,10H2,1-2H3,(H,24,26)/t16-,18-,20?,21+/m1/s1. The van der Waals surface area contributed by atoms with Crippen molar-refractivity contribution in [2.75, 3.05) is 11.9 Å². The average Bonchev–Trinajstić information content (AvgIpc) is 3.39. The van der Waals surface area contributed by atoms with Gasteiger partial charge in [0.15, 0.2) is 5.65 Å². The molecule has 3 N–H and O–H groups in total. The number of allylic oxidation sites excluding steroid dienone is 4. The molecule has 1 saturated carbocycles. The number of rotatable bonds is 4. The second-order valence-corrected chi connectivity index (χ2v) is 8.13. The van der Waals surface area contributed by atoms with Gasteiger partial charge in [-0.15, -0.1) is 0 Å². The molecule has 2 aromatic heterocycles. The number of fused-ring (bicyclic) bond motifs is 1. The van der Waals surface area contributed by atoms with Gasteiger partial charge in [0, 0.05) is 29.5 Å². The number of aromatic nitrogens is 3. The first-order valence-electron chi connectivity index (χ1n) is 9.94. The summed E-state index contributed by atoms with van der Waals surface area (Å²) in [5.74, 6) is 5.44. The average molecular weight is 427 g/mol. The van der Waals surface area contributed by atoms with E-state index < -0.39 is 24.2 Å². The number of Topliss-reactive ketones (excluding diaryl/α,β-unsaturated/α-hetero) is 1. The number of ketones is 1. The summed E-state index contributed by atoms with van der Waals surface area (Å²) in [6.07, 6.45) is 4.09. The lowest BCUT2D eigenvalue weighted by Crippen LogP contribution is -2.31. The van der Waals surface area contributed by atoms with Crippen molar-refractivity contribution in [3.05, 3.63) is 40.8 Å². The van der Waals surface area contributed by atoms with Gasteiger partial charge >= 0.3 is 0 Å². The number of carbonyl (C=O) groups excluding carboxylic acids is 1. The van der Waals surface area contributed by atoms with Crippen molar-refractivity contribution in [3.8, 4) is 11.8 Å². The van der Waals surface area contributed by atoms with Crippen molar-refractivity contribution >= 4 is 34.2 Å². The number of aliphatic hydroxyl groups is 2. The molecule has 0 aliphatic heterocycles. The SMILES string of the molecule is CCNc1cc(C#CC2=CC=C(Cl)C2)nc2c1ncn2[C@@H]1C[C@H](C(C)=O)C(O)[C@H]1O. The third kappa shape index (κ3) is 3.74. The third-order valence-electron chi connectivity index (χ3n) is 5.60. The van der Waals surface area contributed by atoms with Crippen molar-refractivity contribution in [1.29, 1.82) is 0 Å². The van der Waals surface area contributed by atoms with Gasteiger partial charge in [0.25, 0.3) is 0 Å². The van der Waals surface area contributed by atoms with Crippen LogP contribution in [0.3, 0.4) is 0 Å². The summed E-state index contributed by atoms with van der Waals surface area (Å²) in [4.78, 5) is 21.0. The summed E-state index contributed by atoms with van der Waals surface area (Å²) in [6, 6.07) is 1.35. The van der Waals surface area contributed by atoms with Crippen molar-refractivity contribution < 1.29 is 15.0 Å². The second-order valence-electron chi connectivity index (χ2n) is 7.64. The van der Waals surface area contributed by atoms with Crippen LogP contribution in [0.1, 0.15) is 38.4 Å². The summed E-state index contributed by atoms with van der Waals surface area (Å²) in [5, 5.41) is 24.9. The molecule has 0 aromatic carbocycles. The topological polar surface area (TPSA) is 100 Å². The van der Waals surface area contributed by atoms with Gasteiger partial charge in [-0.25, -0.2) is 9.97 Å². The van der Waals surface area contributed by atoms with E-state index in [-0.39, 0.29) is 5.78 Å². The van der Waals surface area contributed by atoms with Crippen molar-refractivity contribution in [3.63, 3.8) is 0 Å². The number of hydrogen-bond donors (Lipinski definition) is 3. The van der Waals surface area contributed by atoms with E-state index in [2.05, 4.69) is 27.1 Å². The fourth-order valence-corrected chi connectivity index (χ4v) is 4.26. The Morgan fingerprint density at radius 1 is 1.33 bits per heavy atom. The molecule has 7 nitrogen and oxygen atoms in total. The highest BCUT2D eigenvalue weighted by molar-refractivity contribution is 6.30. The van der Waals surface area contributed by atoms with Gasteiger partial charge in [0.2, 0.25) is 0 Å². The zero-order valence-corrected chi connectivity index (χ0v) is 17.5. The first kappa shape index (κ1) is 20.6. The lowest BCUT2D eigenvalue weighted by Gasteiger charge is -2.18. The summed E-state index contributed by atoms with van der Waals surface area (Å²) < 4.78 is 1.74. The molecule has 0 radical (unpaired) electrons. The lowest BCUT2D eigenvalue weighted by molar-refractivity contribution is -0.124. The lowest BCUT2D eigenvalue weighted by atomic mass is 10.0. The van der Waals surface area contributed by atoms with Crippen LogP contribution >= 0.6 is 11.6 Å². The molecule has 2 aliphatic rings. The van der Waals surface area contributed by atoms with Crippen LogP contribution in [0.4, 0.5) is 5.69 Å². The molecule has 156 valence electrons. The molecule has 30 heavy (non-hydrogen) atoms. The van der Waals surface area contributed by atoms with E-state index in [0.29, 0.717) is 36.2 Å². The zero-order valence-electron chi connectivity index (χ0n) is 16.8. The molecule has 4 rings (SSSR count). The highest BCUT2D eigenvalue weighted by Crippen LogP contribution is 2.38. The molecule has 4 atom stereocenters. The van der Waals surface area contributed by atoms with Crippen molar-refractivity contribution in [2.24, 2.45) is 5.92 Å². The summed E-state index contributed by atoms with van der Waals surface area (Å²) >= 11 is 6.01. The quantitative estimate of drug-likeness (QED) is 0.649. The molecule has 1 fully saturated rings. The third-order valence-corrected chi connectivity index (χ3v) is 5.86. The van der Waals surface area contributed by atoms with Crippen LogP contribution in [-0.4, -0.2) is 49.3 Å². The van der Waals surface area contributed by atoms with E-state index in [9.17, 15) is 15.0 Å². The number of carbonyl (C=O) groups is 1. The van der Waals surface area contributed by atoms with Gasteiger partial charge in [-0.3, -0.25) is 4.79 Å². The maximum atomic E-state index is 11.8. The molecule has 8 heteroatoms. The van der Waals surface area contributed by atoms with E-state index in [4.69, 9.17) is 11.6 Å². The monoisotopic (exact) mass is 426 g/mol. The molecule has 0 bridgehead atoms. The van der Waals surface area contributed by atoms with E-state index in [1.54, 1.807) is 10.9 Å². The Kier molecular flexibility index (Phi) is 5.65. The van der Waals surface area contributed by atoms with Crippen LogP contribution < -0.4 is 5.32 Å². The Bertz CT molecular complexity index is 1120. The predicted molar refractivity (Wildman–Crippen MR) is 115 cm³/mol. The number of nitrogens with one attached hydrogen (secondary N) is 1. The number of halogens is 1. The molecule has 1 unspecified atom stereocenters. The summed E-state index contributed by atoms with van der Waals surface area (Å²) in [5.41, 5.74) is 3.47. The first-order chi connectivity index (χ1) is 14.4. The summed E-state index contributed by atoms with van der Waals surface area (Å²) in [7, 11) is 0. The van der Waals surface area contributed by atoms with Gasteiger partial charge in [-0.05, 0) is 44.4 Å². The van der Waals surface area contributed by atoms with Gasteiger partial charge in [-0.2, -0.15) is 0 Å². The predicted octanol–water partition coefficient (Wildman–Crippen LogP) is 2.54. The van der Waals surface area contributed by atoms with Gasteiger partial charge < -0.3 is 20.1 Å². The number of anilines is 1. The number of imidazole rings is 1. The number of aliphatic hydroxyl groups excluding tert-OH is 2. The van der Waals surface area contributed by atoms with Crippen molar-refractivity contribution in [1.82, 2.24) is 14.5 Å². The van der Waals surface area contributed by atoms with Gasteiger partial charge in [0.1, 0.15) is 23.1 Å². The van der Waals surface area contributed by atoms with Crippen LogP contribution in [0.2, 0.25) is 0 Å². The smallest absolute Gasteiger partial charge is 0.163 e. The molecule has 2 aliphatic carbocycles. The highest BCUT2D eigenvalue weighted by atomic mass is 35.5. The highest BCUT2D eigenvalue weighted by Gasteiger charge is 2.45. The minimum absolute atomic E-state index is 0.140. The molecule has 0 amide bonds. The molecular formula is C22H23ClN4O3. The van der Waals surface area contributed by atoms with E-state index in [1.807, 2.05) is 25.1 Å². The zero-order chi connectivity index (χ0) is 21.4. The Balaban J connectivity index is 1.75. The van der Waals surface area contributed by atoms with Crippen LogP contribution in [0.25, 0.3) is 11.2 Å². The Morgan fingerprint density at radius 2 is 2.13 bits per heavy atom. The Hall–Kier alpha value is -2.66. The van der Waals surface area contributed by atoms with Crippen molar-refractivity contribution in [2.45, 2.75) is 44.9 Å². The second kappa shape index (κ2) is 8.23. The van der Waals surface area contributed by atoms with Gasteiger partial charge in [-0.1, -0.05) is 17.5 Å². The van der Waals surface area contributed by atoms with Crippen LogP contribution in [0.15, 0.2) is 35.2 Å². The molecule has 0 saturated heterocycles. The molecule has 2 aromatic rings. The van der Waals surface area contributed by atoms with E-state index in [1.165, 1.54) is 6.92 Å². The van der Waals surface area contributed by atoms with Crippen LogP contribution in [0, 0.1) is 17.8 Å². The van der Waals surface area contributed by atoms with Crippen LogP contribution in [-0.2, 0) is 4.79 Å². The number of hydrogen-bond acceptors (Lipinski definition) is 6. The summed E-state index contributed by atoms with van der Waals surface area (Å²) in [6.45, 7) is 4.11. The molecule has 0 spiro atoms. The number of pyridine rings is 1. The van der Waals surface area contributed by atoms with Crippen LogP contribution in [0.5, 0.6) is 0 Å². The normalized spacial score (nSPS) is 25.6. The van der Waals surface area contributed by atoms with E-state index >= 15 is 0 Å². The Morgan fingerprint density at radius 3 is 2.77 bits per heavy atom. The maximum Gasteiger partial charge on any atom is 0.163 e. The first-order valence-corrected chi connectivity index (χ1v) is 10.3. The minimum Gasteiger partial charge on any atom is -0.390 e. The fourth-order valence-electron chi connectivity index (χ4n) is 4.05. The minimum atomic E-state index is -1.10. The maximum absolute atomic E-state index is 11.8.